The Morgan fingerprint density at radius 1 is 1.17 bits per heavy atom. The highest BCUT2D eigenvalue weighted by atomic mass is 16.5. The van der Waals surface area contributed by atoms with E-state index in [0.717, 1.165) is 5.56 Å². The average Bonchev–Trinajstić information content (AvgIpc) is 3.15. The van der Waals surface area contributed by atoms with Gasteiger partial charge in [-0.25, -0.2) is 0 Å². The molecule has 0 radical (unpaired) electrons. The Hall–Kier alpha value is -2.60. The summed E-state index contributed by atoms with van der Waals surface area (Å²) in [6.45, 7) is 1.44. The zero-order valence-electron chi connectivity index (χ0n) is 12.6. The van der Waals surface area contributed by atoms with Crippen LogP contribution >= 0.6 is 0 Å². The van der Waals surface area contributed by atoms with Gasteiger partial charge in [0.2, 0.25) is 5.91 Å². The third-order valence-electron chi connectivity index (χ3n) is 3.74. The van der Waals surface area contributed by atoms with Crippen LogP contribution in [0, 0.1) is 0 Å². The molecule has 2 aromatic rings. The maximum absolute atomic E-state index is 12.3. The van der Waals surface area contributed by atoms with Crippen LogP contribution in [-0.2, 0) is 9.53 Å². The second kappa shape index (κ2) is 7.11. The largest absolute Gasteiger partial charge is 0.459 e. The van der Waals surface area contributed by atoms with Crippen molar-refractivity contribution in [2.45, 2.75) is 6.10 Å². The molecule has 2 amide bonds. The van der Waals surface area contributed by atoms with E-state index in [-0.39, 0.29) is 24.3 Å². The Kier molecular flexibility index (Phi) is 4.73. The number of hydrogen-bond donors (Lipinski definition) is 1. The van der Waals surface area contributed by atoms with Crippen molar-refractivity contribution in [2.24, 2.45) is 0 Å². The lowest BCUT2D eigenvalue weighted by Crippen LogP contribution is -2.46. The molecule has 1 aromatic heterocycles. The van der Waals surface area contributed by atoms with Crippen molar-refractivity contribution >= 4 is 11.8 Å². The molecule has 0 aliphatic carbocycles. The number of furan rings is 1. The number of benzene rings is 1. The van der Waals surface area contributed by atoms with E-state index in [1.165, 1.54) is 6.26 Å². The minimum atomic E-state index is -0.392. The number of carbonyl (C=O) groups excluding carboxylic acids is 2. The van der Waals surface area contributed by atoms with E-state index in [4.69, 9.17) is 9.15 Å². The minimum Gasteiger partial charge on any atom is -0.459 e. The maximum atomic E-state index is 12.3. The fourth-order valence-electron chi connectivity index (χ4n) is 2.51. The Bertz CT molecular complexity index is 654. The summed E-state index contributed by atoms with van der Waals surface area (Å²) in [5.41, 5.74) is 1.05. The van der Waals surface area contributed by atoms with Crippen LogP contribution in [0.15, 0.2) is 53.1 Å². The fourth-order valence-corrected chi connectivity index (χ4v) is 2.51. The van der Waals surface area contributed by atoms with E-state index < -0.39 is 5.91 Å². The molecule has 23 heavy (non-hydrogen) atoms. The summed E-state index contributed by atoms with van der Waals surface area (Å²) in [5, 5.41) is 2.57. The number of nitrogens with zero attached hydrogens (tertiary/aromatic N) is 1. The SMILES string of the molecule is O=C(NCC(=O)N1CCOC(c2ccccc2)C1)c1ccco1. The highest BCUT2D eigenvalue weighted by Gasteiger charge is 2.25. The van der Waals surface area contributed by atoms with Crippen molar-refractivity contribution in [3.05, 3.63) is 60.1 Å². The van der Waals surface area contributed by atoms with Gasteiger partial charge >= 0.3 is 0 Å². The molecule has 3 rings (SSSR count). The van der Waals surface area contributed by atoms with E-state index >= 15 is 0 Å². The minimum absolute atomic E-state index is 0.0545. The molecule has 6 heteroatoms. The molecular weight excluding hydrogens is 296 g/mol. The molecule has 2 heterocycles. The summed E-state index contributed by atoms with van der Waals surface area (Å²) in [7, 11) is 0. The van der Waals surface area contributed by atoms with Gasteiger partial charge in [-0.3, -0.25) is 9.59 Å². The Balaban J connectivity index is 1.54. The van der Waals surface area contributed by atoms with E-state index in [1.807, 2.05) is 30.3 Å². The predicted molar refractivity (Wildman–Crippen MR) is 82.8 cm³/mol. The number of morpholine rings is 1. The fraction of sp³-hybridized carbons (Fsp3) is 0.294. The third-order valence-corrected chi connectivity index (χ3v) is 3.74. The smallest absolute Gasteiger partial charge is 0.287 e. The lowest BCUT2D eigenvalue weighted by Gasteiger charge is -2.33. The maximum Gasteiger partial charge on any atom is 0.287 e. The highest BCUT2D eigenvalue weighted by molar-refractivity contribution is 5.94. The predicted octanol–water partition coefficient (Wildman–Crippen LogP) is 1.61. The molecule has 0 bridgehead atoms. The number of hydrogen-bond acceptors (Lipinski definition) is 4. The molecule has 1 fully saturated rings. The van der Waals surface area contributed by atoms with E-state index in [9.17, 15) is 9.59 Å². The quantitative estimate of drug-likeness (QED) is 0.930. The van der Waals surface area contributed by atoms with Crippen LogP contribution in [0.3, 0.4) is 0 Å². The molecule has 1 saturated heterocycles. The van der Waals surface area contributed by atoms with Gasteiger partial charge in [0.1, 0.15) is 6.10 Å². The number of amides is 2. The van der Waals surface area contributed by atoms with Gasteiger partial charge in [-0.2, -0.15) is 0 Å². The molecule has 1 aliphatic heterocycles. The Morgan fingerprint density at radius 2 is 2.00 bits per heavy atom. The molecule has 1 unspecified atom stereocenters. The van der Waals surface area contributed by atoms with Crippen LogP contribution < -0.4 is 5.32 Å². The van der Waals surface area contributed by atoms with Crippen LogP contribution in [0.4, 0.5) is 0 Å². The van der Waals surface area contributed by atoms with E-state index in [0.29, 0.717) is 19.7 Å². The van der Waals surface area contributed by atoms with Crippen LogP contribution in [0.2, 0.25) is 0 Å². The van der Waals surface area contributed by atoms with Gasteiger partial charge in [0.15, 0.2) is 5.76 Å². The summed E-state index contributed by atoms with van der Waals surface area (Å²) >= 11 is 0. The summed E-state index contributed by atoms with van der Waals surface area (Å²) < 4.78 is 10.7. The normalized spacial score (nSPS) is 17.7. The Morgan fingerprint density at radius 3 is 2.74 bits per heavy atom. The first-order valence-corrected chi connectivity index (χ1v) is 7.50. The van der Waals surface area contributed by atoms with Gasteiger partial charge in [-0.15, -0.1) is 0 Å². The molecule has 1 aromatic carbocycles. The van der Waals surface area contributed by atoms with Gasteiger partial charge in [0, 0.05) is 6.54 Å². The van der Waals surface area contributed by atoms with Gasteiger partial charge < -0.3 is 19.4 Å². The van der Waals surface area contributed by atoms with E-state index in [1.54, 1.807) is 17.0 Å². The highest BCUT2D eigenvalue weighted by Crippen LogP contribution is 2.21. The first-order chi connectivity index (χ1) is 11.2. The van der Waals surface area contributed by atoms with Crippen LogP contribution in [0.1, 0.15) is 22.2 Å². The molecule has 1 aliphatic rings. The molecule has 120 valence electrons. The summed E-state index contributed by atoms with van der Waals surface area (Å²) in [4.78, 5) is 25.8. The summed E-state index contributed by atoms with van der Waals surface area (Å²) in [6.07, 6.45) is 1.29. The van der Waals surface area contributed by atoms with Gasteiger partial charge in [-0.05, 0) is 17.7 Å². The lowest BCUT2D eigenvalue weighted by molar-refractivity contribution is -0.137. The zero-order valence-corrected chi connectivity index (χ0v) is 12.6. The third kappa shape index (κ3) is 3.78. The topological polar surface area (TPSA) is 71.8 Å². The summed E-state index contributed by atoms with van der Waals surface area (Å²) in [6, 6.07) is 13.0. The van der Waals surface area contributed by atoms with Crippen LogP contribution in [-0.4, -0.2) is 43.0 Å². The second-order valence-corrected chi connectivity index (χ2v) is 5.27. The molecular formula is C17H18N2O4. The van der Waals surface area contributed by atoms with Crippen molar-refractivity contribution in [1.82, 2.24) is 10.2 Å². The molecule has 1 atom stereocenters. The monoisotopic (exact) mass is 314 g/mol. The number of rotatable bonds is 4. The van der Waals surface area contributed by atoms with Crippen molar-refractivity contribution < 1.29 is 18.7 Å². The van der Waals surface area contributed by atoms with Gasteiger partial charge in [0.05, 0.1) is 26.0 Å². The number of ether oxygens (including phenoxy) is 1. The van der Waals surface area contributed by atoms with Crippen LogP contribution in [0.5, 0.6) is 0 Å². The number of carbonyl (C=O) groups is 2. The van der Waals surface area contributed by atoms with E-state index in [2.05, 4.69) is 5.32 Å². The first kappa shape index (κ1) is 15.3. The van der Waals surface area contributed by atoms with Crippen molar-refractivity contribution in [1.29, 1.82) is 0 Å². The van der Waals surface area contributed by atoms with Gasteiger partial charge in [-0.1, -0.05) is 30.3 Å². The number of nitrogens with one attached hydrogen (secondary N) is 1. The van der Waals surface area contributed by atoms with Crippen molar-refractivity contribution in [2.75, 3.05) is 26.2 Å². The van der Waals surface area contributed by atoms with Crippen molar-refractivity contribution in [3.63, 3.8) is 0 Å². The average molecular weight is 314 g/mol. The standard InChI is InChI=1S/C17H18N2O4/c20-16(11-18-17(21)14-7-4-9-22-14)19-8-10-23-15(12-19)13-5-2-1-3-6-13/h1-7,9,15H,8,10-12H2,(H,18,21). The first-order valence-electron chi connectivity index (χ1n) is 7.50. The van der Waals surface area contributed by atoms with Gasteiger partial charge in [0.25, 0.3) is 5.91 Å². The molecule has 1 N–H and O–H groups in total. The Labute approximate surface area is 134 Å². The molecule has 0 spiro atoms. The summed E-state index contributed by atoms with van der Waals surface area (Å²) in [5.74, 6) is -0.327. The molecule has 6 nitrogen and oxygen atoms in total. The van der Waals surface area contributed by atoms with Crippen LogP contribution in [0.25, 0.3) is 0 Å². The lowest BCUT2D eigenvalue weighted by atomic mass is 10.1. The second-order valence-electron chi connectivity index (χ2n) is 5.27. The van der Waals surface area contributed by atoms with Crippen molar-refractivity contribution in [3.8, 4) is 0 Å². The zero-order chi connectivity index (χ0) is 16.1. The molecule has 0 saturated carbocycles.